The zero-order chi connectivity index (χ0) is 12.4. The lowest BCUT2D eigenvalue weighted by Gasteiger charge is -2.08. The molecule has 1 N–H and O–H groups in total. The van der Waals surface area contributed by atoms with Crippen molar-refractivity contribution >= 4 is 11.3 Å². The third-order valence-electron chi connectivity index (χ3n) is 3.72. The zero-order valence-electron chi connectivity index (χ0n) is 10.8. The van der Waals surface area contributed by atoms with E-state index >= 15 is 0 Å². The van der Waals surface area contributed by atoms with Crippen molar-refractivity contribution in [3.63, 3.8) is 0 Å². The molecule has 0 atom stereocenters. The van der Waals surface area contributed by atoms with E-state index in [2.05, 4.69) is 54.0 Å². The molecule has 0 unspecified atom stereocenters. The first-order valence-corrected chi connectivity index (χ1v) is 7.47. The molecule has 0 bridgehead atoms. The summed E-state index contributed by atoms with van der Waals surface area (Å²) >= 11 is 1.85. The van der Waals surface area contributed by atoms with Gasteiger partial charge in [0.2, 0.25) is 0 Å². The van der Waals surface area contributed by atoms with Gasteiger partial charge in [-0.25, -0.2) is 0 Å². The molecule has 18 heavy (non-hydrogen) atoms. The van der Waals surface area contributed by atoms with Gasteiger partial charge in [0, 0.05) is 18.0 Å². The highest BCUT2D eigenvalue weighted by Gasteiger charge is 2.36. The molecule has 1 fully saturated rings. The lowest BCUT2D eigenvalue weighted by molar-refractivity contribution is 0.501. The molecule has 1 aliphatic rings. The fraction of sp³-hybridized carbons (Fsp3) is 0.375. The predicted molar refractivity (Wildman–Crippen MR) is 78.8 cm³/mol. The molecule has 1 saturated carbocycles. The minimum absolute atomic E-state index is 0.597. The molecule has 1 aliphatic carbocycles. The maximum absolute atomic E-state index is 3.58. The molecule has 2 heteroatoms. The van der Waals surface area contributed by atoms with E-state index < -0.39 is 0 Å². The average Bonchev–Trinajstić information content (AvgIpc) is 2.94. The maximum atomic E-state index is 3.58. The first kappa shape index (κ1) is 11.9. The number of hydrogen-bond donors (Lipinski definition) is 1. The number of rotatable bonds is 5. The fourth-order valence-corrected chi connectivity index (χ4v) is 3.00. The fourth-order valence-electron chi connectivity index (χ4n) is 2.13. The molecular formula is C16H19NS. The molecule has 2 aromatic rings. The summed E-state index contributed by atoms with van der Waals surface area (Å²) in [7, 11) is 0. The minimum atomic E-state index is 0.597. The summed E-state index contributed by atoms with van der Waals surface area (Å²) in [6, 6.07) is 12.9. The predicted octanol–water partition coefficient (Wildman–Crippen LogP) is 4.30. The number of nitrogens with one attached hydrogen (secondary N) is 1. The van der Waals surface area contributed by atoms with Gasteiger partial charge in [0.05, 0.1) is 0 Å². The molecule has 0 spiro atoms. The summed E-state index contributed by atoms with van der Waals surface area (Å²) in [4.78, 5) is 1.43. The molecule has 0 amide bonds. The second-order valence-electron chi connectivity index (χ2n) is 5.58. The largest absolute Gasteiger partial charge is 0.311 e. The molecule has 0 aliphatic heterocycles. The second-order valence-corrected chi connectivity index (χ2v) is 6.58. The van der Waals surface area contributed by atoms with Crippen molar-refractivity contribution in [3.05, 3.63) is 46.7 Å². The molecule has 0 radical (unpaired) electrons. The normalized spacial score (nSPS) is 16.7. The van der Waals surface area contributed by atoms with Gasteiger partial charge >= 0.3 is 0 Å². The third kappa shape index (κ3) is 2.82. The van der Waals surface area contributed by atoms with Crippen molar-refractivity contribution in [1.29, 1.82) is 0 Å². The van der Waals surface area contributed by atoms with E-state index in [1.165, 1.54) is 28.8 Å². The highest BCUT2D eigenvalue weighted by atomic mass is 32.1. The second kappa shape index (κ2) is 4.87. The van der Waals surface area contributed by atoms with Crippen molar-refractivity contribution in [2.45, 2.75) is 26.3 Å². The van der Waals surface area contributed by atoms with Crippen molar-refractivity contribution in [1.82, 2.24) is 5.32 Å². The molecule has 0 saturated heterocycles. The number of thiophene rings is 1. The van der Waals surface area contributed by atoms with Crippen LogP contribution in [0.3, 0.4) is 0 Å². The van der Waals surface area contributed by atoms with E-state index in [-0.39, 0.29) is 0 Å². The first-order valence-electron chi connectivity index (χ1n) is 6.59. The Balaban J connectivity index is 1.59. The van der Waals surface area contributed by atoms with E-state index in [4.69, 9.17) is 0 Å². The summed E-state index contributed by atoms with van der Waals surface area (Å²) in [5.74, 6) is 0. The van der Waals surface area contributed by atoms with Gasteiger partial charge in [0.25, 0.3) is 0 Å². The quantitative estimate of drug-likeness (QED) is 0.842. The van der Waals surface area contributed by atoms with E-state index in [0.717, 1.165) is 13.1 Å². The van der Waals surface area contributed by atoms with Gasteiger partial charge in [-0.2, -0.15) is 0 Å². The van der Waals surface area contributed by atoms with Crippen LogP contribution >= 0.6 is 11.3 Å². The highest BCUT2D eigenvalue weighted by molar-refractivity contribution is 7.10. The van der Waals surface area contributed by atoms with Crippen LogP contribution in [0.25, 0.3) is 11.1 Å². The summed E-state index contributed by atoms with van der Waals surface area (Å²) in [6.07, 6.45) is 2.78. The van der Waals surface area contributed by atoms with Crippen LogP contribution in [0.4, 0.5) is 0 Å². The Morgan fingerprint density at radius 1 is 1.17 bits per heavy atom. The Morgan fingerprint density at radius 2 is 1.94 bits per heavy atom. The van der Waals surface area contributed by atoms with Gasteiger partial charge < -0.3 is 5.32 Å². The van der Waals surface area contributed by atoms with E-state index in [9.17, 15) is 0 Å². The Hall–Kier alpha value is -1.12. The Kier molecular flexibility index (Phi) is 3.23. The van der Waals surface area contributed by atoms with Gasteiger partial charge in [-0.1, -0.05) is 37.3 Å². The summed E-state index contributed by atoms with van der Waals surface area (Å²) in [6.45, 7) is 4.53. The van der Waals surface area contributed by atoms with Gasteiger partial charge in [0.15, 0.2) is 0 Å². The standard InChI is InChI=1S/C16H19NS/c1-16(7-8-16)12-17-10-15-9-14(11-18-15)13-5-3-2-4-6-13/h2-6,9,11,17H,7-8,10,12H2,1H3. The molecule has 1 aromatic heterocycles. The lowest BCUT2D eigenvalue weighted by Crippen LogP contribution is -2.20. The van der Waals surface area contributed by atoms with Gasteiger partial charge in [-0.05, 0) is 40.8 Å². The van der Waals surface area contributed by atoms with Crippen LogP contribution in [0.5, 0.6) is 0 Å². The van der Waals surface area contributed by atoms with Crippen molar-refractivity contribution in [2.75, 3.05) is 6.54 Å². The monoisotopic (exact) mass is 257 g/mol. The third-order valence-corrected chi connectivity index (χ3v) is 4.65. The van der Waals surface area contributed by atoms with Crippen LogP contribution < -0.4 is 5.32 Å². The van der Waals surface area contributed by atoms with Crippen LogP contribution in [0, 0.1) is 5.41 Å². The average molecular weight is 257 g/mol. The van der Waals surface area contributed by atoms with Crippen LogP contribution in [0.15, 0.2) is 41.8 Å². The Bertz CT molecular complexity index is 511. The van der Waals surface area contributed by atoms with Crippen LogP contribution in [-0.2, 0) is 6.54 Å². The topological polar surface area (TPSA) is 12.0 Å². The van der Waals surface area contributed by atoms with Gasteiger partial charge in [-0.3, -0.25) is 0 Å². The van der Waals surface area contributed by atoms with Crippen LogP contribution in [0.2, 0.25) is 0 Å². The highest BCUT2D eigenvalue weighted by Crippen LogP contribution is 2.44. The molecule has 3 rings (SSSR count). The molecule has 1 nitrogen and oxygen atoms in total. The summed E-state index contributed by atoms with van der Waals surface area (Å²) in [5.41, 5.74) is 3.25. The maximum Gasteiger partial charge on any atom is 0.0300 e. The van der Waals surface area contributed by atoms with Crippen molar-refractivity contribution < 1.29 is 0 Å². The van der Waals surface area contributed by atoms with Gasteiger partial charge in [-0.15, -0.1) is 11.3 Å². The summed E-state index contributed by atoms with van der Waals surface area (Å²) in [5, 5.41) is 5.83. The van der Waals surface area contributed by atoms with Crippen LogP contribution in [-0.4, -0.2) is 6.54 Å². The van der Waals surface area contributed by atoms with Crippen LogP contribution in [0.1, 0.15) is 24.6 Å². The van der Waals surface area contributed by atoms with Gasteiger partial charge in [0.1, 0.15) is 0 Å². The Labute approximate surface area is 113 Å². The first-order chi connectivity index (χ1) is 8.75. The minimum Gasteiger partial charge on any atom is -0.311 e. The molecular weight excluding hydrogens is 238 g/mol. The van der Waals surface area contributed by atoms with E-state index in [1.807, 2.05) is 11.3 Å². The van der Waals surface area contributed by atoms with Crippen molar-refractivity contribution in [2.24, 2.45) is 5.41 Å². The molecule has 94 valence electrons. The number of hydrogen-bond acceptors (Lipinski definition) is 2. The smallest absolute Gasteiger partial charge is 0.0300 e. The molecule has 1 aromatic carbocycles. The lowest BCUT2D eigenvalue weighted by atomic mass is 10.1. The SMILES string of the molecule is CC1(CNCc2cc(-c3ccccc3)cs2)CC1. The summed E-state index contributed by atoms with van der Waals surface area (Å²) < 4.78 is 0. The number of benzene rings is 1. The Morgan fingerprint density at radius 3 is 2.67 bits per heavy atom. The van der Waals surface area contributed by atoms with Crippen molar-refractivity contribution in [3.8, 4) is 11.1 Å². The molecule has 1 heterocycles. The van der Waals surface area contributed by atoms with E-state index in [1.54, 1.807) is 0 Å². The van der Waals surface area contributed by atoms with E-state index in [0.29, 0.717) is 5.41 Å². The zero-order valence-corrected chi connectivity index (χ0v) is 11.6.